The first-order valence-electron chi connectivity index (χ1n) is 5.27. The Morgan fingerprint density at radius 2 is 2.18 bits per heavy atom. The Bertz CT molecular complexity index is 510. The zero-order chi connectivity index (χ0) is 12.6. The minimum absolute atomic E-state index is 0.103. The summed E-state index contributed by atoms with van der Waals surface area (Å²) in [6.45, 7) is 2.52. The number of hydrogen-bond donors (Lipinski definition) is 1. The molecule has 94 valence electrons. The van der Waals surface area contributed by atoms with Crippen molar-refractivity contribution in [1.29, 1.82) is 0 Å². The summed E-state index contributed by atoms with van der Waals surface area (Å²) in [7, 11) is -3.68. The van der Waals surface area contributed by atoms with Crippen molar-refractivity contribution >= 4 is 10.0 Å². The average molecular weight is 259 g/mol. The lowest BCUT2D eigenvalue weighted by Crippen LogP contribution is -2.32. The van der Waals surface area contributed by atoms with Crippen LogP contribution in [0.2, 0.25) is 0 Å². The molecule has 1 fully saturated rings. The lowest BCUT2D eigenvalue weighted by Gasteiger charge is -2.15. The first-order valence-corrected chi connectivity index (χ1v) is 6.71. The fourth-order valence-electron chi connectivity index (χ4n) is 1.82. The molecule has 2 N–H and O–H groups in total. The van der Waals surface area contributed by atoms with Gasteiger partial charge in [0.1, 0.15) is 10.7 Å². The molecule has 1 aliphatic heterocycles. The summed E-state index contributed by atoms with van der Waals surface area (Å²) in [6, 6.07) is 0.794. The molecule has 2 unspecified atom stereocenters. The second kappa shape index (κ2) is 4.32. The zero-order valence-corrected chi connectivity index (χ0v) is 10.2. The standard InChI is InChI=1S/C10H14FN3O2S/c1-7-5-14(6-10(7)12)17(15,16)9-2-8(11)3-13-4-9/h2-4,7,10H,5-6,12H2,1H3. The van der Waals surface area contributed by atoms with Crippen molar-refractivity contribution in [1.82, 2.24) is 9.29 Å². The van der Waals surface area contributed by atoms with Crippen molar-refractivity contribution in [3.63, 3.8) is 0 Å². The monoisotopic (exact) mass is 259 g/mol. The Balaban J connectivity index is 2.32. The van der Waals surface area contributed by atoms with E-state index in [1.807, 2.05) is 6.92 Å². The molecule has 0 radical (unpaired) electrons. The van der Waals surface area contributed by atoms with E-state index < -0.39 is 15.8 Å². The van der Waals surface area contributed by atoms with Crippen LogP contribution in [0, 0.1) is 11.7 Å². The van der Waals surface area contributed by atoms with Gasteiger partial charge in [-0.25, -0.2) is 12.8 Å². The Morgan fingerprint density at radius 3 is 2.71 bits per heavy atom. The predicted molar refractivity (Wildman–Crippen MR) is 60.1 cm³/mol. The van der Waals surface area contributed by atoms with E-state index in [0.29, 0.717) is 6.54 Å². The highest BCUT2D eigenvalue weighted by atomic mass is 32.2. The third kappa shape index (κ3) is 2.31. The second-order valence-corrected chi connectivity index (χ2v) is 6.24. The number of pyridine rings is 1. The van der Waals surface area contributed by atoms with Crippen LogP contribution in [-0.4, -0.2) is 36.8 Å². The van der Waals surface area contributed by atoms with E-state index in [4.69, 9.17) is 5.73 Å². The van der Waals surface area contributed by atoms with Gasteiger partial charge in [-0.05, 0) is 12.0 Å². The van der Waals surface area contributed by atoms with Gasteiger partial charge in [0, 0.05) is 25.3 Å². The maximum absolute atomic E-state index is 13.0. The molecule has 2 rings (SSSR count). The number of rotatable bonds is 2. The first-order chi connectivity index (χ1) is 7.91. The normalized spacial score (nSPS) is 26.3. The van der Waals surface area contributed by atoms with Crippen molar-refractivity contribution in [2.24, 2.45) is 11.7 Å². The molecular formula is C10H14FN3O2S. The molecule has 0 spiro atoms. The average Bonchev–Trinajstić information content (AvgIpc) is 2.60. The van der Waals surface area contributed by atoms with Gasteiger partial charge in [0.15, 0.2) is 0 Å². The number of hydrogen-bond acceptors (Lipinski definition) is 4. The quantitative estimate of drug-likeness (QED) is 0.822. The van der Waals surface area contributed by atoms with E-state index in [-0.39, 0.29) is 23.4 Å². The summed E-state index contributed by atoms with van der Waals surface area (Å²) in [5.74, 6) is -0.561. The Labute approximate surface area is 99.5 Å². The summed E-state index contributed by atoms with van der Waals surface area (Å²) in [4.78, 5) is 3.42. The predicted octanol–water partition coefficient (Wildman–Crippen LogP) is 0.188. The maximum atomic E-state index is 13.0. The molecule has 1 saturated heterocycles. The molecule has 5 nitrogen and oxygen atoms in total. The molecule has 0 aromatic carbocycles. The van der Waals surface area contributed by atoms with Crippen molar-refractivity contribution in [3.05, 3.63) is 24.3 Å². The number of halogens is 1. The summed E-state index contributed by atoms with van der Waals surface area (Å²) < 4.78 is 38.5. The van der Waals surface area contributed by atoms with Crippen molar-refractivity contribution < 1.29 is 12.8 Å². The molecule has 1 aliphatic rings. The van der Waals surface area contributed by atoms with Crippen LogP contribution >= 0.6 is 0 Å². The van der Waals surface area contributed by atoms with Crippen LogP contribution in [-0.2, 0) is 10.0 Å². The van der Waals surface area contributed by atoms with E-state index in [1.165, 1.54) is 4.31 Å². The topological polar surface area (TPSA) is 76.3 Å². The molecule has 17 heavy (non-hydrogen) atoms. The van der Waals surface area contributed by atoms with Crippen molar-refractivity contribution in [2.45, 2.75) is 17.9 Å². The molecule has 1 aromatic rings. The maximum Gasteiger partial charge on any atom is 0.244 e. The van der Waals surface area contributed by atoms with E-state index in [0.717, 1.165) is 18.5 Å². The molecule has 0 saturated carbocycles. The summed E-state index contributed by atoms with van der Waals surface area (Å²) in [5, 5.41) is 0. The Morgan fingerprint density at radius 1 is 1.47 bits per heavy atom. The highest BCUT2D eigenvalue weighted by Crippen LogP contribution is 2.23. The fourth-order valence-corrected chi connectivity index (χ4v) is 3.38. The number of sulfonamides is 1. The van der Waals surface area contributed by atoms with Crippen LogP contribution in [0.4, 0.5) is 4.39 Å². The van der Waals surface area contributed by atoms with Crippen molar-refractivity contribution in [2.75, 3.05) is 13.1 Å². The molecule has 1 aromatic heterocycles. The van der Waals surface area contributed by atoms with Gasteiger partial charge in [0.05, 0.1) is 6.20 Å². The lowest BCUT2D eigenvalue weighted by atomic mass is 10.1. The molecule has 0 bridgehead atoms. The van der Waals surface area contributed by atoms with Crippen LogP contribution in [0.5, 0.6) is 0 Å². The van der Waals surface area contributed by atoms with Gasteiger partial charge in [0.2, 0.25) is 10.0 Å². The van der Waals surface area contributed by atoms with E-state index in [2.05, 4.69) is 4.98 Å². The number of nitrogens with zero attached hydrogens (tertiary/aromatic N) is 2. The highest BCUT2D eigenvalue weighted by Gasteiger charge is 2.35. The third-order valence-corrected chi connectivity index (χ3v) is 4.75. The molecular weight excluding hydrogens is 245 g/mol. The largest absolute Gasteiger partial charge is 0.326 e. The van der Waals surface area contributed by atoms with Gasteiger partial charge in [-0.1, -0.05) is 6.92 Å². The van der Waals surface area contributed by atoms with E-state index in [9.17, 15) is 12.8 Å². The summed E-state index contributed by atoms with van der Waals surface area (Å²) in [5.41, 5.74) is 5.78. The molecule has 2 heterocycles. The van der Waals surface area contributed by atoms with Crippen LogP contribution in [0.3, 0.4) is 0 Å². The molecule has 0 aliphatic carbocycles. The third-order valence-electron chi connectivity index (χ3n) is 2.95. The fraction of sp³-hybridized carbons (Fsp3) is 0.500. The van der Waals surface area contributed by atoms with Crippen LogP contribution in [0.25, 0.3) is 0 Å². The highest BCUT2D eigenvalue weighted by molar-refractivity contribution is 7.89. The van der Waals surface area contributed by atoms with E-state index >= 15 is 0 Å². The lowest BCUT2D eigenvalue weighted by molar-refractivity contribution is 0.463. The second-order valence-electron chi connectivity index (χ2n) is 4.30. The van der Waals surface area contributed by atoms with Gasteiger partial charge < -0.3 is 5.73 Å². The first kappa shape index (κ1) is 12.4. The number of aromatic nitrogens is 1. The van der Waals surface area contributed by atoms with Gasteiger partial charge in [-0.3, -0.25) is 4.98 Å². The van der Waals surface area contributed by atoms with Crippen LogP contribution < -0.4 is 5.73 Å². The van der Waals surface area contributed by atoms with Gasteiger partial charge in [-0.15, -0.1) is 0 Å². The van der Waals surface area contributed by atoms with Gasteiger partial charge >= 0.3 is 0 Å². The minimum atomic E-state index is -3.68. The van der Waals surface area contributed by atoms with Gasteiger partial charge in [-0.2, -0.15) is 4.31 Å². The molecule has 0 amide bonds. The molecule has 2 atom stereocenters. The van der Waals surface area contributed by atoms with Crippen LogP contribution in [0.1, 0.15) is 6.92 Å². The van der Waals surface area contributed by atoms with Crippen molar-refractivity contribution in [3.8, 4) is 0 Å². The minimum Gasteiger partial charge on any atom is -0.326 e. The molecule has 7 heteroatoms. The smallest absolute Gasteiger partial charge is 0.244 e. The van der Waals surface area contributed by atoms with Crippen LogP contribution in [0.15, 0.2) is 23.4 Å². The number of nitrogens with two attached hydrogens (primary N) is 1. The van der Waals surface area contributed by atoms with E-state index in [1.54, 1.807) is 0 Å². The summed E-state index contributed by atoms with van der Waals surface area (Å²) >= 11 is 0. The SMILES string of the molecule is CC1CN(S(=O)(=O)c2cncc(F)c2)CC1N. The Hall–Kier alpha value is -1.05. The zero-order valence-electron chi connectivity index (χ0n) is 9.38. The Kier molecular flexibility index (Phi) is 3.15. The van der Waals surface area contributed by atoms with Gasteiger partial charge in [0.25, 0.3) is 0 Å². The summed E-state index contributed by atoms with van der Waals surface area (Å²) in [6.07, 6.45) is 2.12.